The standard InChI is InChI=1S/C19H19N3O4S/c1-19(2,3)18(24)20-13-7-4-6-12(10-13)17(23)25-11-15-21-16(26-22-15)14-8-5-9-27-14/h4-10H,11H2,1-3H3,(H,20,24). The molecule has 0 saturated heterocycles. The van der Waals surface area contributed by atoms with Gasteiger partial charge in [0.1, 0.15) is 0 Å². The average Bonchev–Trinajstić information content (AvgIpc) is 3.30. The Morgan fingerprint density at radius 2 is 2.04 bits per heavy atom. The highest BCUT2D eigenvalue weighted by Crippen LogP contribution is 2.23. The van der Waals surface area contributed by atoms with Gasteiger partial charge in [-0.1, -0.05) is 38.1 Å². The van der Waals surface area contributed by atoms with Crippen LogP contribution in [0.3, 0.4) is 0 Å². The van der Waals surface area contributed by atoms with Crippen molar-refractivity contribution < 1.29 is 18.8 Å². The minimum absolute atomic E-state index is 0.105. The van der Waals surface area contributed by atoms with Crippen LogP contribution < -0.4 is 5.32 Å². The molecule has 0 aliphatic heterocycles. The molecule has 8 heteroatoms. The van der Waals surface area contributed by atoms with E-state index < -0.39 is 11.4 Å². The number of carbonyl (C=O) groups excluding carboxylic acids is 2. The fourth-order valence-corrected chi connectivity index (χ4v) is 2.71. The van der Waals surface area contributed by atoms with Crippen molar-refractivity contribution in [3.05, 3.63) is 53.2 Å². The number of anilines is 1. The number of benzene rings is 1. The lowest BCUT2D eigenvalue weighted by molar-refractivity contribution is -0.123. The zero-order valence-electron chi connectivity index (χ0n) is 15.2. The van der Waals surface area contributed by atoms with Crippen molar-refractivity contribution in [2.24, 2.45) is 5.41 Å². The van der Waals surface area contributed by atoms with Crippen molar-refractivity contribution in [3.8, 4) is 10.8 Å². The summed E-state index contributed by atoms with van der Waals surface area (Å²) in [6.07, 6.45) is 0. The molecule has 0 radical (unpaired) electrons. The minimum Gasteiger partial charge on any atom is -0.454 e. The van der Waals surface area contributed by atoms with Crippen molar-refractivity contribution in [2.45, 2.75) is 27.4 Å². The maximum absolute atomic E-state index is 12.3. The Kier molecular flexibility index (Phi) is 5.36. The molecule has 3 rings (SSSR count). The third-order valence-corrected chi connectivity index (χ3v) is 4.43. The van der Waals surface area contributed by atoms with Crippen LogP contribution in [0.25, 0.3) is 10.8 Å². The van der Waals surface area contributed by atoms with Gasteiger partial charge in [0.25, 0.3) is 5.89 Å². The van der Waals surface area contributed by atoms with Crippen LogP contribution in [0.2, 0.25) is 0 Å². The van der Waals surface area contributed by atoms with Gasteiger partial charge < -0.3 is 14.6 Å². The third-order valence-electron chi connectivity index (χ3n) is 3.57. The zero-order chi connectivity index (χ0) is 19.4. The van der Waals surface area contributed by atoms with Crippen molar-refractivity contribution >= 4 is 28.9 Å². The Balaban J connectivity index is 1.61. The Hall–Kier alpha value is -3.00. The molecule has 0 aliphatic rings. The van der Waals surface area contributed by atoms with E-state index in [1.165, 1.54) is 11.3 Å². The molecule has 0 aliphatic carbocycles. The van der Waals surface area contributed by atoms with E-state index in [2.05, 4.69) is 15.5 Å². The summed E-state index contributed by atoms with van der Waals surface area (Å²) in [6, 6.07) is 10.3. The largest absolute Gasteiger partial charge is 0.454 e. The maximum atomic E-state index is 12.3. The fourth-order valence-electron chi connectivity index (χ4n) is 2.07. The van der Waals surface area contributed by atoms with Crippen LogP contribution in [0.4, 0.5) is 5.69 Å². The van der Waals surface area contributed by atoms with Crippen molar-refractivity contribution in [1.29, 1.82) is 0 Å². The van der Waals surface area contributed by atoms with Gasteiger partial charge in [-0.25, -0.2) is 4.79 Å². The predicted octanol–water partition coefficient (Wildman–Crippen LogP) is 4.14. The highest BCUT2D eigenvalue weighted by atomic mass is 32.1. The summed E-state index contributed by atoms with van der Waals surface area (Å²) in [7, 11) is 0. The summed E-state index contributed by atoms with van der Waals surface area (Å²) in [4.78, 5) is 29.4. The summed E-state index contributed by atoms with van der Waals surface area (Å²) in [5, 5.41) is 8.50. The van der Waals surface area contributed by atoms with E-state index in [1.807, 2.05) is 38.3 Å². The third kappa shape index (κ3) is 4.79. The van der Waals surface area contributed by atoms with Crippen molar-refractivity contribution in [1.82, 2.24) is 10.1 Å². The number of amides is 1. The Morgan fingerprint density at radius 1 is 1.22 bits per heavy atom. The van der Waals surface area contributed by atoms with Crippen LogP contribution in [0.15, 0.2) is 46.3 Å². The van der Waals surface area contributed by atoms with Gasteiger partial charge in [-0.15, -0.1) is 11.3 Å². The molecule has 27 heavy (non-hydrogen) atoms. The minimum atomic E-state index is -0.538. The van der Waals surface area contributed by atoms with Crippen LogP contribution in [0.5, 0.6) is 0 Å². The summed E-state index contributed by atoms with van der Waals surface area (Å²) in [6.45, 7) is 5.34. The second kappa shape index (κ2) is 7.71. The van der Waals surface area contributed by atoms with E-state index in [-0.39, 0.29) is 18.3 Å². The normalized spacial score (nSPS) is 11.2. The Bertz CT molecular complexity index is 942. The number of esters is 1. The van der Waals surface area contributed by atoms with Crippen molar-refractivity contribution in [2.75, 3.05) is 5.32 Å². The number of ether oxygens (including phenoxy) is 1. The molecule has 2 aromatic heterocycles. The van der Waals surface area contributed by atoms with Crippen LogP contribution in [-0.2, 0) is 16.1 Å². The molecule has 0 spiro atoms. The van der Waals surface area contributed by atoms with Crippen LogP contribution in [0.1, 0.15) is 37.0 Å². The molecule has 1 amide bonds. The van der Waals surface area contributed by atoms with Crippen LogP contribution in [-0.4, -0.2) is 22.0 Å². The highest BCUT2D eigenvalue weighted by Gasteiger charge is 2.21. The van der Waals surface area contributed by atoms with E-state index in [0.29, 0.717) is 17.1 Å². The smallest absolute Gasteiger partial charge is 0.338 e. The first-order valence-electron chi connectivity index (χ1n) is 8.28. The average molecular weight is 385 g/mol. The lowest BCUT2D eigenvalue weighted by Gasteiger charge is -2.17. The summed E-state index contributed by atoms with van der Waals surface area (Å²) >= 11 is 1.48. The molecule has 0 bridgehead atoms. The fraction of sp³-hybridized carbons (Fsp3) is 0.263. The molecular formula is C19H19N3O4S. The molecule has 2 heterocycles. The van der Waals surface area contributed by atoms with E-state index >= 15 is 0 Å². The van der Waals surface area contributed by atoms with Crippen LogP contribution in [0, 0.1) is 5.41 Å². The SMILES string of the molecule is CC(C)(C)C(=O)Nc1cccc(C(=O)OCc2noc(-c3cccs3)n2)c1. The molecular weight excluding hydrogens is 366 g/mol. The molecule has 1 aromatic carbocycles. The van der Waals surface area contributed by atoms with Gasteiger partial charge >= 0.3 is 5.97 Å². The molecule has 0 atom stereocenters. The first-order chi connectivity index (χ1) is 12.8. The van der Waals surface area contributed by atoms with E-state index in [0.717, 1.165) is 4.88 Å². The number of nitrogens with zero attached hydrogens (tertiary/aromatic N) is 2. The Labute approximate surface area is 160 Å². The summed E-state index contributed by atoms with van der Waals surface area (Å²) in [5.74, 6) is -0.00266. The first kappa shape index (κ1) is 18.8. The lowest BCUT2D eigenvalue weighted by atomic mass is 9.95. The van der Waals surface area contributed by atoms with Gasteiger partial charge in [-0.05, 0) is 29.6 Å². The second-order valence-corrected chi connectivity index (χ2v) is 7.80. The second-order valence-electron chi connectivity index (χ2n) is 6.85. The molecule has 0 saturated carbocycles. The van der Waals surface area contributed by atoms with Gasteiger partial charge in [0.2, 0.25) is 11.7 Å². The Morgan fingerprint density at radius 3 is 2.74 bits per heavy atom. The van der Waals surface area contributed by atoms with Gasteiger partial charge in [-0.2, -0.15) is 4.98 Å². The van der Waals surface area contributed by atoms with Crippen molar-refractivity contribution in [3.63, 3.8) is 0 Å². The highest BCUT2D eigenvalue weighted by molar-refractivity contribution is 7.13. The molecule has 0 fully saturated rings. The topological polar surface area (TPSA) is 94.3 Å². The number of nitrogens with one attached hydrogen (secondary N) is 1. The first-order valence-corrected chi connectivity index (χ1v) is 9.16. The number of thiophene rings is 1. The number of aromatic nitrogens is 2. The molecule has 140 valence electrons. The molecule has 0 unspecified atom stereocenters. The number of carbonyl (C=O) groups is 2. The molecule has 1 N–H and O–H groups in total. The number of hydrogen-bond donors (Lipinski definition) is 1. The zero-order valence-corrected chi connectivity index (χ0v) is 16.0. The van der Waals surface area contributed by atoms with E-state index in [4.69, 9.17) is 9.26 Å². The van der Waals surface area contributed by atoms with E-state index in [9.17, 15) is 9.59 Å². The monoisotopic (exact) mass is 385 g/mol. The van der Waals surface area contributed by atoms with Crippen LogP contribution >= 0.6 is 11.3 Å². The van der Waals surface area contributed by atoms with Gasteiger partial charge in [-0.3, -0.25) is 4.79 Å². The lowest BCUT2D eigenvalue weighted by Crippen LogP contribution is -2.27. The number of hydrogen-bond acceptors (Lipinski definition) is 7. The quantitative estimate of drug-likeness (QED) is 0.663. The summed E-state index contributed by atoms with van der Waals surface area (Å²) < 4.78 is 10.4. The summed E-state index contributed by atoms with van der Waals surface area (Å²) in [5.41, 5.74) is 0.322. The van der Waals surface area contributed by atoms with E-state index in [1.54, 1.807) is 24.3 Å². The molecule has 7 nitrogen and oxygen atoms in total. The predicted molar refractivity (Wildman–Crippen MR) is 101 cm³/mol. The number of rotatable bonds is 5. The molecule has 3 aromatic rings. The van der Waals surface area contributed by atoms with Gasteiger partial charge in [0.15, 0.2) is 6.61 Å². The maximum Gasteiger partial charge on any atom is 0.338 e. The van der Waals surface area contributed by atoms with Gasteiger partial charge in [0.05, 0.1) is 10.4 Å². The van der Waals surface area contributed by atoms with Gasteiger partial charge in [0, 0.05) is 11.1 Å².